The molecule has 1 aliphatic heterocycles. The van der Waals surface area contributed by atoms with Crippen molar-refractivity contribution < 1.29 is 4.74 Å². The van der Waals surface area contributed by atoms with Crippen molar-refractivity contribution in [1.29, 1.82) is 0 Å². The molecule has 0 aromatic carbocycles. The van der Waals surface area contributed by atoms with Gasteiger partial charge in [-0.15, -0.1) is 0 Å². The third kappa shape index (κ3) is 3.01. The van der Waals surface area contributed by atoms with E-state index in [1.54, 1.807) is 0 Å². The van der Waals surface area contributed by atoms with Gasteiger partial charge in [-0.1, -0.05) is 0 Å². The second kappa shape index (κ2) is 3.78. The minimum Gasteiger partial charge on any atom is -0.380 e. The second-order valence-electron chi connectivity index (χ2n) is 3.45. The van der Waals surface area contributed by atoms with E-state index >= 15 is 0 Å². The minimum atomic E-state index is 0.00764. The van der Waals surface area contributed by atoms with Gasteiger partial charge < -0.3 is 4.74 Å². The summed E-state index contributed by atoms with van der Waals surface area (Å²) < 4.78 is 5.34. The zero-order valence-corrected chi connectivity index (χ0v) is 8.23. The monoisotopic (exact) mass is 175 g/mol. The largest absolute Gasteiger partial charge is 0.380 e. The van der Waals surface area contributed by atoms with E-state index < -0.39 is 0 Å². The molecule has 0 N–H and O–H groups in total. The SMILES string of the molecule is CC(C)(S)N1CCCOCC1. The molecule has 0 aromatic rings. The topological polar surface area (TPSA) is 12.5 Å². The Balaban J connectivity index is 2.43. The zero-order chi connectivity index (χ0) is 8.32. The Bertz CT molecular complexity index is 114. The second-order valence-corrected chi connectivity index (χ2v) is 4.54. The van der Waals surface area contributed by atoms with E-state index in [1.807, 2.05) is 0 Å². The third-order valence-corrected chi connectivity index (χ3v) is 2.28. The summed E-state index contributed by atoms with van der Waals surface area (Å²) >= 11 is 4.52. The van der Waals surface area contributed by atoms with E-state index in [2.05, 4.69) is 31.4 Å². The third-order valence-electron chi connectivity index (χ3n) is 2.00. The van der Waals surface area contributed by atoms with Gasteiger partial charge in [0.25, 0.3) is 0 Å². The maximum absolute atomic E-state index is 5.34. The molecule has 3 heteroatoms. The molecule has 0 aliphatic carbocycles. The summed E-state index contributed by atoms with van der Waals surface area (Å²) in [7, 11) is 0. The van der Waals surface area contributed by atoms with E-state index in [0.29, 0.717) is 0 Å². The molecule has 1 heterocycles. The van der Waals surface area contributed by atoms with E-state index in [1.165, 1.54) is 0 Å². The first-order valence-electron chi connectivity index (χ1n) is 4.16. The molecule has 0 atom stereocenters. The molecule has 0 saturated carbocycles. The molecular weight excluding hydrogens is 158 g/mol. The zero-order valence-electron chi connectivity index (χ0n) is 7.34. The first-order chi connectivity index (χ1) is 5.11. The lowest BCUT2D eigenvalue weighted by Gasteiger charge is -2.32. The van der Waals surface area contributed by atoms with E-state index in [0.717, 1.165) is 32.7 Å². The summed E-state index contributed by atoms with van der Waals surface area (Å²) in [5.41, 5.74) is 0. The number of hydrogen-bond donors (Lipinski definition) is 1. The Morgan fingerprint density at radius 3 is 2.64 bits per heavy atom. The van der Waals surface area contributed by atoms with Gasteiger partial charge in [0.15, 0.2) is 0 Å². The van der Waals surface area contributed by atoms with Crippen molar-refractivity contribution in [3.8, 4) is 0 Å². The fourth-order valence-electron chi connectivity index (χ4n) is 1.29. The molecule has 0 aromatic heterocycles. The van der Waals surface area contributed by atoms with Crippen LogP contribution < -0.4 is 0 Å². The van der Waals surface area contributed by atoms with Gasteiger partial charge in [0.05, 0.1) is 11.5 Å². The van der Waals surface area contributed by atoms with Crippen LogP contribution >= 0.6 is 12.6 Å². The smallest absolute Gasteiger partial charge is 0.0593 e. The van der Waals surface area contributed by atoms with Crippen molar-refractivity contribution in [1.82, 2.24) is 4.90 Å². The molecule has 0 bridgehead atoms. The number of hydrogen-bond acceptors (Lipinski definition) is 3. The van der Waals surface area contributed by atoms with Crippen LogP contribution in [0.5, 0.6) is 0 Å². The molecule has 2 nitrogen and oxygen atoms in total. The van der Waals surface area contributed by atoms with Crippen LogP contribution in [0.1, 0.15) is 20.3 Å². The van der Waals surface area contributed by atoms with Crippen LogP contribution in [-0.4, -0.2) is 36.1 Å². The average molecular weight is 175 g/mol. The summed E-state index contributed by atoms with van der Waals surface area (Å²) in [6.07, 6.45) is 1.13. The maximum atomic E-state index is 5.34. The molecule has 1 rings (SSSR count). The van der Waals surface area contributed by atoms with E-state index in [9.17, 15) is 0 Å². The molecule has 1 aliphatic rings. The van der Waals surface area contributed by atoms with E-state index in [-0.39, 0.29) is 4.87 Å². The molecule has 0 unspecified atom stereocenters. The Hall–Kier alpha value is 0.270. The molecule has 66 valence electrons. The Morgan fingerprint density at radius 1 is 1.27 bits per heavy atom. The highest BCUT2D eigenvalue weighted by molar-refractivity contribution is 7.81. The lowest BCUT2D eigenvalue weighted by molar-refractivity contribution is 0.131. The van der Waals surface area contributed by atoms with Crippen molar-refractivity contribution in [2.75, 3.05) is 26.3 Å². The molecular formula is C8H17NOS. The molecule has 1 saturated heterocycles. The summed E-state index contributed by atoms with van der Waals surface area (Å²) in [4.78, 5) is 2.36. The van der Waals surface area contributed by atoms with Gasteiger partial charge in [0.2, 0.25) is 0 Å². The average Bonchev–Trinajstić information content (AvgIpc) is 2.10. The highest BCUT2D eigenvalue weighted by Gasteiger charge is 2.22. The van der Waals surface area contributed by atoms with Crippen LogP contribution in [0.2, 0.25) is 0 Å². The lowest BCUT2D eigenvalue weighted by Crippen LogP contribution is -2.40. The summed E-state index contributed by atoms with van der Waals surface area (Å²) in [6, 6.07) is 0. The van der Waals surface area contributed by atoms with Crippen LogP contribution in [0.15, 0.2) is 0 Å². The standard InChI is InChI=1S/C8H17NOS/c1-8(2,11)9-4-3-6-10-7-5-9/h11H,3-7H2,1-2H3. The number of thiol groups is 1. The highest BCUT2D eigenvalue weighted by atomic mass is 32.1. The van der Waals surface area contributed by atoms with Crippen LogP contribution in [0.4, 0.5) is 0 Å². The minimum absolute atomic E-state index is 0.00764. The molecule has 0 amide bonds. The van der Waals surface area contributed by atoms with Gasteiger partial charge in [-0.2, -0.15) is 12.6 Å². The predicted molar refractivity (Wildman–Crippen MR) is 50.1 cm³/mol. The Labute approximate surface area is 74.3 Å². The van der Waals surface area contributed by atoms with Crippen LogP contribution in [0.25, 0.3) is 0 Å². The highest BCUT2D eigenvalue weighted by Crippen LogP contribution is 2.19. The fourth-order valence-corrected chi connectivity index (χ4v) is 1.49. The van der Waals surface area contributed by atoms with Crippen LogP contribution in [-0.2, 0) is 4.74 Å². The summed E-state index contributed by atoms with van der Waals surface area (Å²) in [6.45, 7) is 8.13. The normalized spacial score (nSPS) is 23.2. The Kier molecular flexibility index (Phi) is 3.22. The van der Waals surface area contributed by atoms with Crippen molar-refractivity contribution >= 4 is 12.6 Å². The molecule has 11 heavy (non-hydrogen) atoms. The lowest BCUT2D eigenvalue weighted by atomic mass is 10.3. The van der Waals surface area contributed by atoms with Crippen LogP contribution in [0.3, 0.4) is 0 Å². The summed E-state index contributed by atoms with van der Waals surface area (Å²) in [5.74, 6) is 0. The number of ether oxygens (including phenoxy) is 1. The number of rotatable bonds is 1. The Morgan fingerprint density at radius 2 is 2.00 bits per heavy atom. The van der Waals surface area contributed by atoms with Crippen molar-refractivity contribution in [3.63, 3.8) is 0 Å². The molecule has 0 spiro atoms. The quantitative estimate of drug-likeness (QED) is 0.604. The van der Waals surface area contributed by atoms with Crippen molar-refractivity contribution in [3.05, 3.63) is 0 Å². The van der Waals surface area contributed by atoms with Gasteiger partial charge in [-0.25, -0.2) is 0 Å². The first-order valence-corrected chi connectivity index (χ1v) is 4.60. The summed E-state index contributed by atoms with van der Waals surface area (Å²) in [5, 5.41) is 0. The van der Waals surface area contributed by atoms with Gasteiger partial charge >= 0.3 is 0 Å². The molecule has 0 radical (unpaired) electrons. The van der Waals surface area contributed by atoms with Crippen molar-refractivity contribution in [2.24, 2.45) is 0 Å². The van der Waals surface area contributed by atoms with Crippen LogP contribution in [0, 0.1) is 0 Å². The fraction of sp³-hybridized carbons (Fsp3) is 1.00. The molecule has 1 fully saturated rings. The van der Waals surface area contributed by atoms with E-state index in [4.69, 9.17) is 4.74 Å². The van der Waals surface area contributed by atoms with Crippen molar-refractivity contribution in [2.45, 2.75) is 25.1 Å². The first kappa shape index (κ1) is 9.36. The van der Waals surface area contributed by atoms with Gasteiger partial charge in [-0.05, 0) is 20.3 Å². The predicted octanol–water partition coefficient (Wildman–Crippen LogP) is 1.37. The van der Waals surface area contributed by atoms with Gasteiger partial charge in [0.1, 0.15) is 0 Å². The maximum Gasteiger partial charge on any atom is 0.0593 e. The van der Waals surface area contributed by atoms with Gasteiger partial charge in [-0.3, -0.25) is 4.90 Å². The van der Waals surface area contributed by atoms with Gasteiger partial charge in [0, 0.05) is 19.7 Å². The number of nitrogens with zero attached hydrogens (tertiary/aromatic N) is 1.